The van der Waals surface area contributed by atoms with Crippen molar-refractivity contribution in [3.63, 3.8) is 0 Å². The Balaban J connectivity index is 0.000000133. The lowest BCUT2D eigenvalue weighted by atomic mass is 9.71. The van der Waals surface area contributed by atoms with Crippen molar-refractivity contribution in [1.29, 1.82) is 15.8 Å². The van der Waals surface area contributed by atoms with E-state index in [1.165, 1.54) is 53.6 Å². The Morgan fingerprint density at radius 1 is 0.462 bits per heavy atom. The van der Waals surface area contributed by atoms with Crippen molar-refractivity contribution < 1.29 is 46.5 Å². The van der Waals surface area contributed by atoms with Crippen molar-refractivity contribution in [3.8, 4) is 74.6 Å². The highest BCUT2D eigenvalue weighted by Crippen LogP contribution is 2.53. The molecule has 3 aromatic heterocycles. The molecule has 7 aliphatic rings. The Morgan fingerprint density at radius 2 is 0.869 bits per heavy atom. The highest BCUT2D eigenvalue weighted by atomic mass is 32.2. The molecule has 6 aliphatic heterocycles. The standard InChI is InChI=1S/2C26H26N4O2S.C25H29N5O3S2.C23H19N3O3/c2*1-16(2)32-21-10-6-9-19(12-21)23-24(31)30(4)25(28)29-26(23,3)22-13-20(15-33-22)18-8-5-7-17(11-18)14-27;1-25(21-13-19(15-34-21)18-5-3-4-16(12-18)14-26)22(23(31)29(2)24(27)28-25)17-8-10-30(11-9-17)35(32,33)20-6-7-20;24-22-25-23(17-7-3-1-4-8-17,18-9-5-2-6-10-18)21(27)26(22)14-16-11-12-19-20(13-16)29-15-28-19/h2*5-13,15-16,23H,1-4H3,(H2,28,29);3-5,12-13,15,17,20,22H,6-11H2,1-2H3,(H2,27,28);1-13H,14-15H2,(H2,24,25)/t23-,26+;23-,26-;22-,25-;/m011./s1. The minimum atomic E-state index is -3.22. The summed E-state index contributed by atoms with van der Waals surface area (Å²) in [5.41, 5.74) is 32.6. The smallest absolute Gasteiger partial charge is 0.266 e. The average Bonchev–Trinajstić information content (AvgIpc) is 1.62. The van der Waals surface area contributed by atoms with E-state index in [1.807, 2.05) is 265 Å². The normalized spacial score (nSPS) is 21.3. The van der Waals surface area contributed by atoms with E-state index in [1.54, 1.807) is 43.6 Å². The van der Waals surface area contributed by atoms with Crippen LogP contribution in [0.15, 0.2) is 254 Å². The number of nitrogens with zero attached hydrogens (tertiary/aromatic N) is 12. The largest absolute Gasteiger partial charge is 0.491 e. The molecule has 1 saturated carbocycles. The van der Waals surface area contributed by atoms with Crippen molar-refractivity contribution in [2.45, 2.75) is 132 Å². The maximum Gasteiger partial charge on any atom is 0.266 e. The first-order chi connectivity index (χ1) is 62.3. The predicted octanol–water partition coefficient (Wildman–Crippen LogP) is 15.8. The fraction of sp³-hybridized carbons (Fsp3) is 0.290. The molecule has 0 spiro atoms. The van der Waals surface area contributed by atoms with Crippen LogP contribution in [0, 0.1) is 45.8 Å². The van der Waals surface area contributed by atoms with E-state index in [4.69, 9.17) is 61.9 Å². The van der Waals surface area contributed by atoms with Crippen LogP contribution in [0.2, 0.25) is 0 Å². The summed E-state index contributed by atoms with van der Waals surface area (Å²) in [5.74, 6) is 1.47. The zero-order chi connectivity index (χ0) is 92.3. The van der Waals surface area contributed by atoms with Crippen molar-refractivity contribution in [2.75, 3.05) is 41.0 Å². The number of benzene rings is 8. The first kappa shape index (κ1) is 91.0. The lowest BCUT2D eigenvalue weighted by molar-refractivity contribution is -0.137. The number of carbonyl (C=O) groups is 4. The number of thiophene rings is 3. The van der Waals surface area contributed by atoms with Crippen molar-refractivity contribution in [1.82, 2.24) is 23.9 Å². The minimum Gasteiger partial charge on any atom is -0.491 e. The van der Waals surface area contributed by atoms with Gasteiger partial charge in [0.15, 0.2) is 40.9 Å². The van der Waals surface area contributed by atoms with E-state index in [9.17, 15) is 43.4 Å². The SMILES string of the molecule is CC(C)Oc1cccc([C@@H]2C(=O)N(C)C(N)=N[C@]2(C)c2cc(-c3cccc(C#N)c3)cs2)c1.CC(C)Oc1cccc([C@H]2C(=O)N(C)C(N)=N[C@]2(C)c2cc(-c3cccc(C#N)c3)cs2)c1.CN1C(=O)[C@@H](C2CCN(S(=O)(=O)C3CC3)CC2)[C@@](C)(c2cc(-c3cccc(C#N)c3)cs2)N=C1N.NC1=NC(c2ccccc2)(c2ccccc2)C(=O)N1Cc1ccc2c(c1)OCO2. The summed E-state index contributed by atoms with van der Waals surface area (Å²) in [4.78, 5) is 82.1. The van der Waals surface area contributed by atoms with Crippen molar-refractivity contribution >= 4 is 91.5 Å². The van der Waals surface area contributed by atoms with Gasteiger partial charge in [-0.1, -0.05) is 127 Å². The van der Waals surface area contributed by atoms with Gasteiger partial charge < -0.3 is 41.9 Å². The number of carbonyl (C=O) groups excluding carboxylic acids is 4. The molecule has 30 heteroatoms. The first-order valence-electron chi connectivity index (χ1n) is 42.6. The number of guanidine groups is 4. The Labute approximate surface area is 768 Å². The summed E-state index contributed by atoms with van der Waals surface area (Å²) in [7, 11) is 1.72. The van der Waals surface area contributed by atoms with Crippen LogP contribution in [-0.4, -0.2) is 138 Å². The number of hydrogen-bond donors (Lipinski definition) is 4. The minimum absolute atomic E-state index is 0.00933. The van der Waals surface area contributed by atoms with Gasteiger partial charge >= 0.3 is 0 Å². The molecule has 11 aromatic rings. The van der Waals surface area contributed by atoms with Gasteiger partial charge in [-0.3, -0.25) is 38.8 Å². The monoisotopic (exact) mass is 1810 g/mol. The van der Waals surface area contributed by atoms with Crippen LogP contribution >= 0.6 is 34.0 Å². The molecular weight excluding hydrogens is 1710 g/mol. The molecule has 6 atom stereocenters. The number of nitriles is 3. The molecule has 0 bridgehead atoms. The summed E-state index contributed by atoms with van der Waals surface area (Å²) >= 11 is 4.60. The second kappa shape index (κ2) is 37.5. The number of amides is 4. The number of fused-ring (bicyclic) bond motifs is 1. The molecule has 4 amide bonds. The zero-order valence-electron chi connectivity index (χ0n) is 73.6. The van der Waals surface area contributed by atoms with E-state index < -0.39 is 49.9 Å². The molecule has 18 rings (SSSR count). The van der Waals surface area contributed by atoms with Crippen LogP contribution in [0.5, 0.6) is 23.0 Å². The van der Waals surface area contributed by atoms with Crippen LogP contribution in [0.4, 0.5) is 0 Å². The summed E-state index contributed by atoms with van der Waals surface area (Å²) in [6, 6.07) is 75.0. The van der Waals surface area contributed by atoms with Gasteiger partial charge in [0.2, 0.25) is 34.5 Å². The van der Waals surface area contributed by atoms with Gasteiger partial charge in [0.1, 0.15) is 28.1 Å². The highest BCUT2D eigenvalue weighted by molar-refractivity contribution is 7.90. The van der Waals surface area contributed by atoms with E-state index in [-0.39, 0.29) is 77.6 Å². The first-order valence-corrected chi connectivity index (χ1v) is 46.8. The molecule has 1 aliphatic carbocycles. The van der Waals surface area contributed by atoms with Crippen LogP contribution in [-0.2, 0) is 57.9 Å². The van der Waals surface area contributed by atoms with Crippen molar-refractivity contribution in [3.05, 3.63) is 294 Å². The number of ether oxygens (including phenoxy) is 4. The molecule has 0 unspecified atom stereocenters. The molecule has 130 heavy (non-hydrogen) atoms. The Bertz CT molecular complexity index is 6300. The number of aliphatic imine (C=N–C) groups is 4. The second-order valence-electron chi connectivity index (χ2n) is 34.0. The number of hydrogen-bond acceptors (Lipinski definition) is 24. The predicted molar refractivity (Wildman–Crippen MR) is 507 cm³/mol. The van der Waals surface area contributed by atoms with Crippen molar-refractivity contribution in [2.24, 2.45) is 54.7 Å². The Hall–Kier alpha value is -13.8. The van der Waals surface area contributed by atoms with E-state index >= 15 is 0 Å². The lowest BCUT2D eigenvalue weighted by Gasteiger charge is -2.45. The summed E-state index contributed by atoms with van der Waals surface area (Å²) in [6.07, 6.45) is 2.77. The quantitative estimate of drug-likeness (QED) is 0.0584. The maximum atomic E-state index is 13.8. The summed E-state index contributed by atoms with van der Waals surface area (Å²) in [6.45, 7) is 15.1. The fourth-order valence-electron chi connectivity index (χ4n) is 17.5. The molecule has 9 heterocycles. The van der Waals surface area contributed by atoms with Crippen LogP contribution in [0.25, 0.3) is 33.4 Å². The zero-order valence-corrected chi connectivity index (χ0v) is 76.9. The molecule has 0 radical (unpaired) electrons. The number of piperidine rings is 1. The molecule has 8 aromatic carbocycles. The average molecular weight is 1810 g/mol. The second-order valence-corrected chi connectivity index (χ2v) is 39.0. The Kier molecular flexibility index (Phi) is 26.2. The topological polar surface area (TPSA) is 380 Å². The highest BCUT2D eigenvalue weighted by Gasteiger charge is 2.55. The number of likely N-dealkylation sites (N-methyl/N-ethyl adjacent to an activating group) is 2. The van der Waals surface area contributed by atoms with Crippen LogP contribution in [0.1, 0.15) is 145 Å². The molecule has 2 fully saturated rings. The van der Waals surface area contributed by atoms with Gasteiger partial charge in [0.05, 0.1) is 76.7 Å². The van der Waals surface area contributed by atoms with E-state index in [2.05, 4.69) is 18.2 Å². The lowest BCUT2D eigenvalue weighted by Crippen LogP contribution is -2.57. The molecule has 664 valence electrons. The van der Waals surface area contributed by atoms with Crippen LogP contribution in [0.3, 0.4) is 0 Å². The van der Waals surface area contributed by atoms with E-state index in [0.717, 1.165) is 88.7 Å². The molecular formula is C100H100N16O10S4. The summed E-state index contributed by atoms with van der Waals surface area (Å²) < 4.78 is 49.6. The van der Waals surface area contributed by atoms with Gasteiger partial charge in [-0.2, -0.15) is 15.8 Å². The third kappa shape index (κ3) is 18.2. The Morgan fingerprint density at radius 3 is 1.29 bits per heavy atom. The number of nitrogens with two attached hydrogens (primary N) is 4. The third-order valence-corrected chi connectivity index (χ3v) is 30.4. The van der Waals surface area contributed by atoms with Gasteiger partial charge in [0.25, 0.3) is 5.91 Å². The fourth-order valence-corrected chi connectivity index (χ4v) is 22.6. The maximum absolute atomic E-state index is 13.8. The molecule has 26 nitrogen and oxygen atoms in total. The van der Waals surface area contributed by atoms with E-state index in [0.29, 0.717) is 72.2 Å². The third-order valence-electron chi connectivity index (χ3n) is 24.5. The van der Waals surface area contributed by atoms with Gasteiger partial charge in [-0.05, 0) is 248 Å². The molecule has 1 saturated heterocycles. The molecule has 8 N–H and O–H groups in total. The van der Waals surface area contributed by atoms with Crippen LogP contribution < -0.4 is 41.9 Å². The number of rotatable bonds is 19. The van der Waals surface area contributed by atoms with Gasteiger partial charge in [-0.15, -0.1) is 34.0 Å². The number of sulfonamides is 1. The van der Waals surface area contributed by atoms with Gasteiger partial charge in [0, 0.05) is 48.9 Å². The van der Waals surface area contributed by atoms with Gasteiger partial charge in [-0.25, -0.2) is 32.7 Å². The summed E-state index contributed by atoms with van der Waals surface area (Å²) in [5, 5.41) is 33.6.